The smallest absolute Gasteiger partial charge is 0.258 e. The van der Waals surface area contributed by atoms with E-state index in [1.54, 1.807) is 17.8 Å². The van der Waals surface area contributed by atoms with E-state index >= 15 is 0 Å². The Hall–Kier alpha value is -3.16. The minimum atomic E-state index is -0.426. The third-order valence-electron chi connectivity index (χ3n) is 6.19. The molecule has 1 amide bonds. The number of ether oxygens (including phenoxy) is 1. The van der Waals surface area contributed by atoms with Gasteiger partial charge in [-0.1, -0.05) is 68.1 Å². The highest BCUT2D eigenvalue weighted by molar-refractivity contribution is 7.99. The highest BCUT2D eigenvalue weighted by Gasteiger charge is 2.36. The van der Waals surface area contributed by atoms with Gasteiger partial charge in [-0.15, -0.1) is 6.58 Å². The predicted octanol–water partition coefficient (Wildman–Crippen LogP) is 4.60. The van der Waals surface area contributed by atoms with Crippen LogP contribution in [0.15, 0.2) is 71.1 Å². The molecule has 4 rings (SSSR count). The van der Waals surface area contributed by atoms with Gasteiger partial charge < -0.3 is 10.1 Å². The fraction of sp³-hybridized carbons (Fsp3) is 0.321. The lowest BCUT2D eigenvalue weighted by Gasteiger charge is -2.33. The van der Waals surface area contributed by atoms with Crippen molar-refractivity contribution in [3.05, 3.63) is 93.8 Å². The van der Waals surface area contributed by atoms with Gasteiger partial charge in [0, 0.05) is 48.1 Å². The van der Waals surface area contributed by atoms with E-state index in [0.717, 1.165) is 16.7 Å². The molecule has 0 aliphatic heterocycles. The van der Waals surface area contributed by atoms with Crippen LogP contribution in [0, 0.1) is 0 Å². The number of carbonyl (C=O) groups excluding carboxylic acids is 1. The minimum Gasteiger partial charge on any atom is -0.384 e. The number of allylic oxidation sites excluding steroid dienone is 1. The Bertz CT molecular complexity index is 1300. The SMILES string of the molecule is C=CCn1c(SCCOC)nc2c(c1=O)C(C)(C)Cc1cc(C(=O)NCc3ccccc3)ccc1-2. The van der Waals surface area contributed by atoms with E-state index in [-0.39, 0.29) is 11.5 Å². The van der Waals surface area contributed by atoms with Crippen LogP contribution >= 0.6 is 11.8 Å². The first-order valence-corrected chi connectivity index (χ1v) is 12.7. The van der Waals surface area contributed by atoms with Crippen LogP contribution in [0.4, 0.5) is 0 Å². The van der Waals surface area contributed by atoms with Crippen molar-refractivity contribution < 1.29 is 9.53 Å². The molecule has 35 heavy (non-hydrogen) atoms. The van der Waals surface area contributed by atoms with Crippen molar-refractivity contribution in [3.63, 3.8) is 0 Å². The van der Waals surface area contributed by atoms with Crippen molar-refractivity contribution in [2.75, 3.05) is 19.5 Å². The van der Waals surface area contributed by atoms with Gasteiger partial charge in [-0.2, -0.15) is 0 Å². The zero-order valence-electron chi connectivity index (χ0n) is 20.5. The number of thioether (sulfide) groups is 1. The molecule has 1 aliphatic carbocycles. The molecule has 0 unspecified atom stereocenters. The summed E-state index contributed by atoms with van der Waals surface area (Å²) < 4.78 is 6.88. The molecule has 2 aromatic carbocycles. The molecule has 1 aliphatic rings. The summed E-state index contributed by atoms with van der Waals surface area (Å²) in [6.45, 7) is 9.39. The monoisotopic (exact) mass is 489 g/mol. The van der Waals surface area contributed by atoms with E-state index in [4.69, 9.17) is 9.72 Å². The van der Waals surface area contributed by atoms with Crippen LogP contribution < -0.4 is 10.9 Å². The van der Waals surface area contributed by atoms with E-state index in [1.807, 2.05) is 48.5 Å². The summed E-state index contributed by atoms with van der Waals surface area (Å²) >= 11 is 1.50. The maximum absolute atomic E-state index is 13.6. The normalized spacial score (nSPS) is 13.6. The summed E-state index contributed by atoms with van der Waals surface area (Å²) in [5.41, 5.74) is 4.55. The molecule has 0 saturated heterocycles. The Labute approximate surface area is 210 Å². The number of methoxy groups -OCH3 is 1. The first-order chi connectivity index (χ1) is 16.9. The van der Waals surface area contributed by atoms with Gasteiger partial charge in [0.25, 0.3) is 11.5 Å². The number of nitrogens with one attached hydrogen (secondary N) is 1. The molecular weight excluding hydrogens is 458 g/mol. The van der Waals surface area contributed by atoms with Gasteiger partial charge in [0.15, 0.2) is 5.16 Å². The van der Waals surface area contributed by atoms with Crippen LogP contribution in [0.25, 0.3) is 11.3 Å². The number of hydrogen-bond acceptors (Lipinski definition) is 5. The average Bonchev–Trinajstić information content (AvgIpc) is 2.84. The van der Waals surface area contributed by atoms with Crippen LogP contribution in [-0.2, 0) is 29.7 Å². The van der Waals surface area contributed by atoms with Gasteiger partial charge in [0.1, 0.15) is 0 Å². The van der Waals surface area contributed by atoms with Gasteiger partial charge in [0.2, 0.25) is 0 Å². The molecule has 0 saturated carbocycles. The van der Waals surface area contributed by atoms with Gasteiger partial charge in [-0.05, 0) is 29.7 Å². The molecule has 0 radical (unpaired) electrons. The van der Waals surface area contributed by atoms with Crippen molar-refractivity contribution in [2.24, 2.45) is 0 Å². The third kappa shape index (κ3) is 5.26. The molecule has 3 aromatic rings. The summed E-state index contributed by atoms with van der Waals surface area (Å²) in [7, 11) is 1.66. The lowest BCUT2D eigenvalue weighted by atomic mass is 9.72. The molecule has 1 aromatic heterocycles. The van der Waals surface area contributed by atoms with Crippen molar-refractivity contribution in [2.45, 2.75) is 43.9 Å². The fourth-order valence-electron chi connectivity index (χ4n) is 4.51. The van der Waals surface area contributed by atoms with Crippen LogP contribution in [0.2, 0.25) is 0 Å². The molecule has 6 nitrogen and oxygen atoms in total. The molecule has 182 valence electrons. The minimum absolute atomic E-state index is 0.0323. The van der Waals surface area contributed by atoms with Crippen LogP contribution in [0.3, 0.4) is 0 Å². The number of carbonyl (C=O) groups is 1. The number of fused-ring (bicyclic) bond motifs is 3. The van der Waals surface area contributed by atoms with E-state index < -0.39 is 5.41 Å². The number of benzene rings is 2. The van der Waals surface area contributed by atoms with E-state index in [1.165, 1.54) is 11.8 Å². The highest BCUT2D eigenvalue weighted by atomic mass is 32.2. The fourth-order valence-corrected chi connectivity index (χ4v) is 5.42. The number of aromatic nitrogens is 2. The Balaban J connectivity index is 1.71. The summed E-state index contributed by atoms with van der Waals surface area (Å²) in [5.74, 6) is 0.570. The van der Waals surface area contributed by atoms with Crippen LogP contribution in [0.5, 0.6) is 0 Å². The standard InChI is InChI=1S/C28H31N3O3S/c1-5-13-31-26(33)23-24(30-27(31)35-15-14-34-4)22-12-11-20(16-21(22)17-28(23,2)3)25(32)29-18-19-9-7-6-8-10-19/h5-12,16H,1,13-15,17-18H2,2-4H3,(H,29,32). The maximum Gasteiger partial charge on any atom is 0.258 e. The van der Waals surface area contributed by atoms with E-state index in [9.17, 15) is 9.59 Å². The second-order valence-corrected chi connectivity index (χ2v) is 10.3. The quantitative estimate of drug-likeness (QED) is 0.206. The van der Waals surface area contributed by atoms with Crippen molar-refractivity contribution in [1.29, 1.82) is 0 Å². The number of rotatable bonds is 9. The first-order valence-electron chi connectivity index (χ1n) is 11.7. The largest absolute Gasteiger partial charge is 0.384 e. The second-order valence-electron chi connectivity index (χ2n) is 9.26. The van der Waals surface area contributed by atoms with Gasteiger partial charge in [-0.3, -0.25) is 14.2 Å². The van der Waals surface area contributed by atoms with Crippen molar-refractivity contribution in [3.8, 4) is 11.3 Å². The molecule has 0 fully saturated rings. The summed E-state index contributed by atoms with van der Waals surface area (Å²) in [5, 5.41) is 3.65. The Morgan fingerprint density at radius 2 is 2.03 bits per heavy atom. The number of amides is 1. The Morgan fingerprint density at radius 1 is 1.26 bits per heavy atom. The molecule has 0 atom stereocenters. The zero-order valence-corrected chi connectivity index (χ0v) is 21.3. The molecule has 1 N–H and O–H groups in total. The zero-order chi connectivity index (χ0) is 25.0. The van der Waals surface area contributed by atoms with Crippen molar-refractivity contribution in [1.82, 2.24) is 14.9 Å². The summed E-state index contributed by atoms with van der Waals surface area (Å²) in [6.07, 6.45) is 2.37. The topological polar surface area (TPSA) is 73.2 Å². The van der Waals surface area contributed by atoms with Gasteiger partial charge in [-0.25, -0.2) is 4.98 Å². The maximum atomic E-state index is 13.6. The van der Waals surface area contributed by atoms with Crippen LogP contribution in [-0.4, -0.2) is 34.9 Å². The molecule has 7 heteroatoms. The lowest BCUT2D eigenvalue weighted by molar-refractivity contribution is 0.0950. The molecule has 0 spiro atoms. The number of hydrogen-bond donors (Lipinski definition) is 1. The number of nitrogens with zero attached hydrogens (tertiary/aromatic N) is 2. The molecule has 1 heterocycles. The van der Waals surface area contributed by atoms with E-state index in [0.29, 0.717) is 53.8 Å². The Morgan fingerprint density at radius 3 is 2.74 bits per heavy atom. The first kappa shape index (κ1) is 24.9. The molecular formula is C28H31N3O3S. The van der Waals surface area contributed by atoms with Gasteiger partial charge >= 0.3 is 0 Å². The average molecular weight is 490 g/mol. The van der Waals surface area contributed by atoms with Crippen LogP contribution in [0.1, 0.15) is 40.9 Å². The predicted molar refractivity (Wildman–Crippen MR) is 141 cm³/mol. The second kappa shape index (κ2) is 10.6. The summed E-state index contributed by atoms with van der Waals surface area (Å²) in [6, 6.07) is 15.5. The van der Waals surface area contributed by atoms with Crippen molar-refractivity contribution >= 4 is 17.7 Å². The van der Waals surface area contributed by atoms with Gasteiger partial charge in [0.05, 0.1) is 12.3 Å². The molecule has 0 bridgehead atoms. The Kier molecular flexibility index (Phi) is 7.57. The third-order valence-corrected chi connectivity index (χ3v) is 7.13. The highest BCUT2D eigenvalue weighted by Crippen LogP contribution is 2.41. The van der Waals surface area contributed by atoms with E-state index in [2.05, 4.69) is 25.7 Å². The lowest BCUT2D eigenvalue weighted by Crippen LogP contribution is -2.38. The summed E-state index contributed by atoms with van der Waals surface area (Å²) in [4.78, 5) is 31.5.